The lowest BCUT2D eigenvalue weighted by atomic mass is 10.1. The number of aliphatic imine (C=N–C) groups is 1. The average Bonchev–Trinajstić information content (AvgIpc) is 3.06. The van der Waals surface area contributed by atoms with Gasteiger partial charge in [0.15, 0.2) is 5.96 Å². The summed E-state index contributed by atoms with van der Waals surface area (Å²) in [5.41, 5.74) is 6.06. The van der Waals surface area contributed by atoms with Crippen LogP contribution in [0, 0.1) is 0 Å². The lowest BCUT2D eigenvalue weighted by molar-refractivity contribution is 0.0963. The number of rotatable bonds is 7. The van der Waals surface area contributed by atoms with E-state index < -0.39 is 0 Å². The third-order valence-corrected chi connectivity index (χ3v) is 4.93. The average molecular weight is 483 g/mol. The van der Waals surface area contributed by atoms with E-state index >= 15 is 0 Å². The van der Waals surface area contributed by atoms with Crippen molar-refractivity contribution in [3.63, 3.8) is 0 Å². The third kappa shape index (κ3) is 7.43. The van der Waals surface area contributed by atoms with Crippen molar-refractivity contribution in [1.82, 2.24) is 15.1 Å². The molecule has 2 aliphatic heterocycles. The van der Waals surface area contributed by atoms with Crippen LogP contribution in [-0.2, 0) is 9.47 Å². The molecule has 2 saturated heterocycles. The minimum Gasteiger partial charge on any atom is -0.450 e. The highest BCUT2D eigenvalue weighted by molar-refractivity contribution is 14.0. The van der Waals surface area contributed by atoms with Crippen LogP contribution in [0.3, 0.4) is 0 Å². The van der Waals surface area contributed by atoms with E-state index in [9.17, 15) is 4.79 Å². The minimum absolute atomic E-state index is 0. The lowest BCUT2D eigenvalue weighted by Crippen LogP contribution is -2.48. The summed E-state index contributed by atoms with van der Waals surface area (Å²) in [5.74, 6) is 0.508. The van der Waals surface area contributed by atoms with E-state index in [1.807, 2.05) is 6.92 Å². The molecule has 0 aliphatic carbocycles. The van der Waals surface area contributed by atoms with Gasteiger partial charge in [-0.2, -0.15) is 0 Å². The van der Waals surface area contributed by atoms with Crippen LogP contribution < -0.4 is 11.1 Å². The maximum Gasteiger partial charge on any atom is 0.409 e. The van der Waals surface area contributed by atoms with Gasteiger partial charge in [0.1, 0.15) is 0 Å². The number of likely N-dealkylation sites (tertiary alicyclic amines) is 2. The number of nitrogens with two attached hydrogens (primary N) is 1. The molecule has 0 aromatic heterocycles. The summed E-state index contributed by atoms with van der Waals surface area (Å²) >= 11 is 0. The maximum absolute atomic E-state index is 11.7. The predicted octanol–water partition coefficient (Wildman–Crippen LogP) is 1.24. The summed E-state index contributed by atoms with van der Waals surface area (Å²) in [6, 6.07) is 0.726. The number of piperidine rings is 1. The normalized spacial score (nSPS) is 22.2. The Hall–Kier alpha value is -0.810. The fraction of sp³-hybridized carbons (Fsp3) is 0.882. The Morgan fingerprint density at radius 2 is 2.00 bits per heavy atom. The second-order valence-electron chi connectivity index (χ2n) is 6.66. The SMILES string of the molecule is CCOC(=O)N1CCC(NC(N)=NCC2CCCN2CCOC)CC1.I. The number of halogens is 1. The topological polar surface area (TPSA) is 92.4 Å². The molecule has 9 heteroatoms. The van der Waals surface area contributed by atoms with Crippen molar-refractivity contribution in [2.45, 2.75) is 44.7 Å². The van der Waals surface area contributed by atoms with Gasteiger partial charge in [-0.1, -0.05) is 0 Å². The van der Waals surface area contributed by atoms with Gasteiger partial charge in [-0.3, -0.25) is 9.89 Å². The standard InChI is InChI=1S/C17H33N5O3.HI/c1-3-25-17(23)22-9-6-14(7-10-22)20-16(18)19-13-15-5-4-8-21(15)11-12-24-2;/h14-15H,3-13H2,1-2H3,(H3,18,19,20);1H. The molecule has 0 spiro atoms. The van der Waals surface area contributed by atoms with Crippen LogP contribution in [0.1, 0.15) is 32.6 Å². The molecule has 2 aliphatic rings. The maximum atomic E-state index is 11.7. The first-order valence-electron chi connectivity index (χ1n) is 9.35. The summed E-state index contributed by atoms with van der Waals surface area (Å²) in [4.78, 5) is 20.4. The first kappa shape index (κ1) is 23.2. The van der Waals surface area contributed by atoms with Gasteiger partial charge in [0, 0.05) is 38.8 Å². The molecule has 1 unspecified atom stereocenters. The molecular formula is C17H34IN5O3. The molecule has 1 atom stereocenters. The third-order valence-electron chi connectivity index (χ3n) is 4.93. The fourth-order valence-electron chi connectivity index (χ4n) is 3.48. The number of hydrogen-bond donors (Lipinski definition) is 2. The summed E-state index contributed by atoms with van der Waals surface area (Å²) in [7, 11) is 1.73. The number of nitrogens with one attached hydrogen (secondary N) is 1. The van der Waals surface area contributed by atoms with Gasteiger partial charge in [-0.25, -0.2) is 4.79 Å². The lowest BCUT2D eigenvalue weighted by Gasteiger charge is -2.31. The molecule has 0 aromatic rings. The smallest absolute Gasteiger partial charge is 0.409 e. The van der Waals surface area contributed by atoms with Crippen LogP contribution in [-0.4, -0.2) is 87.0 Å². The van der Waals surface area contributed by atoms with Crippen molar-refractivity contribution in [3.8, 4) is 0 Å². The molecule has 26 heavy (non-hydrogen) atoms. The zero-order valence-electron chi connectivity index (χ0n) is 16.0. The highest BCUT2D eigenvalue weighted by Gasteiger charge is 2.25. The van der Waals surface area contributed by atoms with Crippen molar-refractivity contribution in [2.75, 3.05) is 53.0 Å². The van der Waals surface area contributed by atoms with E-state index in [0.29, 0.717) is 31.7 Å². The van der Waals surface area contributed by atoms with Gasteiger partial charge in [-0.15, -0.1) is 24.0 Å². The van der Waals surface area contributed by atoms with Crippen molar-refractivity contribution < 1.29 is 14.3 Å². The molecule has 3 N–H and O–H groups in total. The highest BCUT2D eigenvalue weighted by atomic mass is 127. The minimum atomic E-state index is -0.222. The fourth-order valence-corrected chi connectivity index (χ4v) is 3.48. The predicted molar refractivity (Wildman–Crippen MR) is 113 cm³/mol. The summed E-state index contributed by atoms with van der Waals surface area (Å²) in [5, 5.41) is 3.30. The second-order valence-corrected chi connectivity index (χ2v) is 6.66. The monoisotopic (exact) mass is 483 g/mol. The number of guanidine groups is 1. The van der Waals surface area contributed by atoms with Crippen LogP contribution >= 0.6 is 24.0 Å². The Bertz CT molecular complexity index is 444. The Balaban J connectivity index is 0.00000338. The highest BCUT2D eigenvalue weighted by Crippen LogP contribution is 2.17. The van der Waals surface area contributed by atoms with Crippen molar-refractivity contribution in [1.29, 1.82) is 0 Å². The van der Waals surface area contributed by atoms with Crippen LogP contribution in [0.25, 0.3) is 0 Å². The van der Waals surface area contributed by atoms with Gasteiger partial charge in [0.05, 0.1) is 19.8 Å². The summed E-state index contributed by atoms with van der Waals surface area (Å²) in [6.45, 7) is 7.18. The molecule has 2 rings (SSSR count). The number of nitrogens with zero attached hydrogens (tertiary/aromatic N) is 3. The van der Waals surface area contributed by atoms with Crippen LogP contribution in [0.4, 0.5) is 4.79 Å². The number of amides is 1. The number of methoxy groups -OCH3 is 1. The molecule has 2 fully saturated rings. The van der Waals surface area contributed by atoms with Crippen molar-refractivity contribution in [3.05, 3.63) is 0 Å². The molecule has 0 bridgehead atoms. The Kier molecular flexibility index (Phi) is 11.2. The second kappa shape index (κ2) is 12.6. The summed E-state index contributed by atoms with van der Waals surface area (Å²) < 4.78 is 10.2. The number of ether oxygens (including phenoxy) is 2. The van der Waals surface area contributed by atoms with E-state index in [2.05, 4.69) is 15.2 Å². The van der Waals surface area contributed by atoms with Gasteiger partial charge in [-0.05, 0) is 39.2 Å². The zero-order valence-corrected chi connectivity index (χ0v) is 18.3. The van der Waals surface area contributed by atoms with Gasteiger partial charge < -0.3 is 25.4 Å². The van der Waals surface area contributed by atoms with Gasteiger partial charge >= 0.3 is 6.09 Å². The number of hydrogen-bond acceptors (Lipinski definition) is 5. The first-order chi connectivity index (χ1) is 12.1. The van der Waals surface area contributed by atoms with E-state index in [-0.39, 0.29) is 36.1 Å². The molecule has 0 saturated carbocycles. The molecule has 8 nitrogen and oxygen atoms in total. The molecule has 2 heterocycles. The Labute approximate surface area is 173 Å². The van der Waals surface area contributed by atoms with E-state index in [1.165, 1.54) is 12.8 Å². The van der Waals surface area contributed by atoms with Gasteiger partial charge in [0.2, 0.25) is 0 Å². The largest absolute Gasteiger partial charge is 0.450 e. The molecule has 0 radical (unpaired) electrons. The van der Waals surface area contributed by atoms with Crippen LogP contribution in [0.5, 0.6) is 0 Å². The number of carbonyl (C=O) groups is 1. The Morgan fingerprint density at radius 3 is 2.65 bits per heavy atom. The van der Waals surface area contributed by atoms with Crippen molar-refractivity contribution >= 4 is 36.0 Å². The number of carbonyl (C=O) groups excluding carboxylic acids is 1. The zero-order chi connectivity index (χ0) is 18.1. The first-order valence-corrected chi connectivity index (χ1v) is 9.35. The quantitative estimate of drug-likeness (QED) is 0.322. The molecule has 0 aromatic carbocycles. The van der Waals surface area contributed by atoms with Crippen LogP contribution in [0.15, 0.2) is 4.99 Å². The Morgan fingerprint density at radius 1 is 1.27 bits per heavy atom. The van der Waals surface area contributed by atoms with Gasteiger partial charge in [0.25, 0.3) is 0 Å². The van der Waals surface area contributed by atoms with Crippen LogP contribution in [0.2, 0.25) is 0 Å². The van der Waals surface area contributed by atoms with E-state index in [4.69, 9.17) is 15.2 Å². The van der Waals surface area contributed by atoms with E-state index in [0.717, 1.165) is 39.1 Å². The molecule has 1 amide bonds. The van der Waals surface area contributed by atoms with E-state index in [1.54, 1.807) is 12.0 Å². The molecule has 152 valence electrons. The molecular weight excluding hydrogens is 449 g/mol. The summed E-state index contributed by atoms with van der Waals surface area (Å²) in [6.07, 6.45) is 3.87. The van der Waals surface area contributed by atoms with Crippen molar-refractivity contribution in [2.24, 2.45) is 10.7 Å².